The number of aliphatic hydroxyl groups is 1. The second kappa shape index (κ2) is 11.0. The average Bonchev–Trinajstić information content (AvgIpc) is 2.66. The van der Waals surface area contributed by atoms with Gasteiger partial charge >= 0.3 is 5.97 Å². The molecule has 0 fully saturated rings. The number of phenols is 1. The van der Waals surface area contributed by atoms with E-state index in [9.17, 15) is 24.3 Å². The number of aliphatic hydroxyl groups excluding tert-OH is 1. The van der Waals surface area contributed by atoms with Gasteiger partial charge in [0, 0.05) is 6.42 Å². The lowest BCUT2D eigenvalue weighted by Crippen LogP contribution is -2.57. The summed E-state index contributed by atoms with van der Waals surface area (Å²) in [6, 6.07) is 1.42. The molecular weight excluding hydrogens is 384 g/mol. The van der Waals surface area contributed by atoms with Crippen molar-refractivity contribution >= 4 is 23.7 Å². The minimum atomic E-state index is -1.51. The molecule has 0 saturated heterocycles. The van der Waals surface area contributed by atoms with Gasteiger partial charge in [-0.3, -0.25) is 14.4 Å². The number of hydrogen-bond donors (Lipinski definition) is 7. The van der Waals surface area contributed by atoms with Gasteiger partial charge in [-0.25, -0.2) is 4.79 Å². The van der Waals surface area contributed by atoms with Gasteiger partial charge in [0.2, 0.25) is 17.7 Å². The molecule has 3 amide bonds. The van der Waals surface area contributed by atoms with Crippen molar-refractivity contribution < 1.29 is 34.5 Å². The van der Waals surface area contributed by atoms with Crippen LogP contribution in [0, 0.1) is 0 Å². The molecule has 1 rings (SSSR count). The highest BCUT2D eigenvalue weighted by Crippen LogP contribution is 2.11. The standard InChI is InChI=1S/C18H26N4O7/c1-9(19)15(25)21-13(7-11-3-5-12(24)6-4-11)17(27)20-10(2)16(26)22-14(8-23)18(28)29/h3-6,9-10,13-14,23-24H,7-8,19H2,1-2H3,(H,20,27)(H,21,25)(H,22,26)(H,28,29). The minimum absolute atomic E-state index is 0.0385. The van der Waals surface area contributed by atoms with E-state index in [-0.39, 0.29) is 12.2 Å². The van der Waals surface area contributed by atoms with E-state index >= 15 is 0 Å². The number of nitrogens with two attached hydrogens (primary N) is 1. The van der Waals surface area contributed by atoms with Gasteiger partial charge < -0.3 is 37.0 Å². The number of carbonyl (C=O) groups excluding carboxylic acids is 3. The van der Waals surface area contributed by atoms with Crippen molar-refractivity contribution in [2.45, 2.75) is 44.4 Å². The van der Waals surface area contributed by atoms with Crippen molar-refractivity contribution in [1.29, 1.82) is 0 Å². The SMILES string of the molecule is CC(N)C(=O)NC(Cc1ccc(O)cc1)C(=O)NC(C)C(=O)NC(CO)C(=O)O. The third-order valence-corrected chi connectivity index (χ3v) is 3.97. The summed E-state index contributed by atoms with van der Waals surface area (Å²) in [6.45, 7) is 1.96. The molecule has 0 heterocycles. The van der Waals surface area contributed by atoms with Crippen LogP contribution >= 0.6 is 0 Å². The molecule has 4 atom stereocenters. The molecule has 29 heavy (non-hydrogen) atoms. The smallest absolute Gasteiger partial charge is 0.328 e. The highest BCUT2D eigenvalue weighted by atomic mass is 16.4. The predicted molar refractivity (Wildman–Crippen MR) is 102 cm³/mol. The van der Waals surface area contributed by atoms with Crippen molar-refractivity contribution in [2.75, 3.05) is 6.61 Å². The maximum Gasteiger partial charge on any atom is 0.328 e. The second-order valence-corrected chi connectivity index (χ2v) is 6.53. The molecule has 0 saturated carbocycles. The van der Waals surface area contributed by atoms with E-state index in [1.807, 2.05) is 0 Å². The minimum Gasteiger partial charge on any atom is -0.508 e. The lowest BCUT2D eigenvalue weighted by atomic mass is 10.0. The Hall–Kier alpha value is -3.18. The van der Waals surface area contributed by atoms with Crippen LogP contribution in [-0.2, 0) is 25.6 Å². The number of nitrogens with one attached hydrogen (secondary N) is 3. The molecule has 0 aromatic heterocycles. The maximum atomic E-state index is 12.6. The first-order valence-corrected chi connectivity index (χ1v) is 8.83. The van der Waals surface area contributed by atoms with Crippen LogP contribution < -0.4 is 21.7 Å². The molecule has 160 valence electrons. The van der Waals surface area contributed by atoms with E-state index in [0.29, 0.717) is 5.56 Å². The zero-order valence-corrected chi connectivity index (χ0v) is 16.1. The van der Waals surface area contributed by atoms with Crippen LogP contribution in [-0.4, -0.2) is 69.8 Å². The normalized spacial score (nSPS) is 14.8. The molecule has 1 aromatic carbocycles. The molecule has 11 heteroatoms. The summed E-state index contributed by atoms with van der Waals surface area (Å²) in [5.74, 6) is -3.47. The fourth-order valence-corrected chi connectivity index (χ4v) is 2.24. The highest BCUT2D eigenvalue weighted by Gasteiger charge is 2.27. The molecule has 0 spiro atoms. The molecule has 8 N–H and O–H groups in total. The largest absolute Gasteiger partial charge is 0.508 e. The van der Waals surface area contributed by atoms with Gasteiger partial charge in [-0.05, 0) is 31.5 Å². The van der Waals surface area contributed by atoms with Gasteiger partial charge in [-0.1, -0.05) is 12.1 Å². The van der Waals surface area contributed by atoms with Crippen LogP contribution in [0.5, 0.6) is 5.75 Å². The van der Waals surface area contributed by atoms with Crippen LogP contribution in [0.1, 0.15) is 19.4 Å². The van der Waals surface area contributed by atoms with E-state index in [1.165, 1.54) is 26.0 Å². The Labute approximate surface area is 167 Å². The molecule has 1 aromatic rings. The Balaban J connectivity index is 2.86. The van der Waals surface area contributed by atoms with Gasteiger partial charge in [0.05, 0.1) is 12.6 Å². The van der Waals surface area contributed by atoms with E-state index in [4.69, 9.17) is 15.9 Å². The first kappa shape index (κ1) is 23.9. The van der Waals surface area contributed by atoms with E-state index in [0.717, 1.165) is 0 Å². The molecule has 0 aliphatic heterocycles. The summed E-state index contributed by atoms with van der Waals surface area (Å²) in [4.78, 5) is 47.5. The maximum absolute atomic E-state index is 12.6. The number of rotatable bonds is 10. The Morgan fingerprint density at radius 2 is 1.48 bits per heavy atom. The summed E-state index contributed by atoms with van der Waals surface area (Å²) in [7, 11) is 0. The quantitative estimate of drug-likeness (QED) is 0.227. The van der Waals surface area contributed by atoms with Gasteiger partial charge in [-0.2, -0.15) is 0 Å². The number of hydrogen-bond acceptors (Lipinski definition) is 7. The summed E-state index contributed by atoms with van der Waals surface area (Å²) >= 11 is 0. The van der Waals surface area contributed by atoms with E-state index in [2.05, 4.69) is 16.0 Å². The topological polar surface area (TPSA) is 191 Å². The fraction of sp³-hybridized carbons (Fsp3) is 0.444. The first-order valence-electron chi connectivity index (χ1n) is 8.83. The third kappa shape index (κ3) is 7.76. The lowest BCUT2D eigenvalue weighted by molar-refractivity contribution is -0.143. The Morgan fingerprint density at radius 3 is 1.97 bits per heavy atom. The number of amides is 3. The van der Waals surface area contributed by atoms with Gasteiger partial charge in [-0.15, -0.1) is 0 Å². The lowest BCUT2D eigenvalue weighted by Gasteiger charge is -2.23. The number of carbonyl (C=O) groups is 4. The third-order valence-electron chi connectivity index (χ3n) is 3.97. The van der Waals surface area contributed by atoms with Gasteiger partial charge in [0.1, 0.15) is 23.9 Å². The van der Waals surface area contributed by atoms with Crippen molar-refractivity contribution in [2.24, 2.45) is 5.73 Å². The Bertz CT molecular complexity index is 736. The second-order valence-electron chi connectivity index (χ2n) is 6.53. The summed E-state index contributed by atoms with van der Waals surface area (Å²) in [6.07, 6.45) is 0.0628. The average molecular weight is 410 g/mol. The molecular formula is C18H26N4O7. The first-order chi connectivity index (χ1) is 13.5. The van der Waals surface area contributed by atoms with Gasteiger partial charge in [0.25, 0.3) is 0 Å². The monoisotopic (exact) mass is 410 g/mol. The number of aromatic hydroxyl groups is 1. The number of aliphatic carboxylic acids is 1. The molecule has 11 nitrogen and oxygen atoms in total. The number of phenolic OH excluding ortho intramolecular Hbond substituents is 1. The summed E-state index contributed by atoms with van der Waals surface area (Å²) < 4.78 is 0. The summed E-state index contributed by atoms with van der Waals surface area (Å²) in [5, 5.41) is 34.2. The molecule has 0 bridgehead atoms. The van der Waals surface area contributed by atoms with Crippen LogP contribution in [0.15, 0.2) is 24.3 Å². The highest BCUT2D eigenvalue weighted by molar-refractivity contribution is 5.94. The fourth-order valence-electron chi connectivity index (χ4n) is 2.24. The number of benzene rings is 1. The van der Waals surface area contributed by atoms with Crippen LogP contribution in [0.3, 0.4) is 0 Å². The Morgan fingerprint density at radius 1 is 0.931 bits per heavy atom. The van der Waals surface area contributed by atoms with Crippen LogP contribution in [0.25, 0.3) is 0 Å². The molecule has 0 aliphatic carbocycles. The van der Waals surface area contributed by atoms with Crippen molar-refractivity contribution in [3.63, 3.8) is 0 Å². The zero-order chi connectivity index (χ0) is 22.1. The van der Waals surface area contributed by atoms with E-state index in [1.54, 1.807) is 12.1 Å². The summed E-state index contributed by atoms with van der Waals surface area (Å²) in [5.41, 5.74) is 6.16. The zero-order valence-electron chi connectivity index (χ0n) is 16.1. The van der Waals surface area contributed by atoms with Crippen molar-refractivity contribution in [3.8, 4) is 5.75 Å². The van der Waals surface area contributed by atoms with Crippen LogP contribution in [0.4, 0.5) is 0 Å². The van der Waals surface area contributed by atoms with Gasteiger partial charge in [0.15, 0.2) is 0 Å². The van der Waals surface area contributed by atoms with Crippen molar-refractivity contribution in [1.82, 2.24) is 16.0 Å². The number of carboxylic acid groups (broad SMARTS) is 1. The molecule has 0 aliphatic rings. The molecule has 0 radical (unpaired) electrons. The molecule has 4 unspecified atom stereocenters. The van der Waals surface area contributed by atoms with E-state index < -0.39 is 54.5 Å². The van der Waals surface area contributed by atoms with Crippen LogP contribution in [0.2, 0.25) is 0 Å². The predicted octanol–water partition coefficient (Wildman–Crippen LogP) is -2.17. The number of carboxylic acids is 1. The van der Waals surface area contributed by atoms with Crippen molar-refractivity contribution in [3.05, 3.63) is 29.8 Å². The Kier molecular flexibility index (Phi) is 9.03.